The fourth-order valence-electron chi connectivity index (χ4n) is 9.48. The first-order valence-electron chi connectivity index (χ1n) is 16.5. The van der Waals surface area contributed by atoms with E-state index in [4.69, 9.17) is 0 Å². The molecule has 3 nitrogen and oxygen atoms in total. The number of hydrogen-bond acceptors (Lipinski definition) is 4. The molecule has 4 aliphatic rings. The number of unbranched alkanes of at least 4 members (excludes halogenated alkanes) is 2. The third-order valence-electron chi connectivity index (χ3n) is 12.0. The van der Waals surface area contributed by atoms with E-state index in [1.807, 2.05) is 12.1 Å². The van der Waals surface area contributed by atoms with Gasteiger partial charge in [-0.1, -0.05) is 25.8 Å². The van der Waals surface area contributed by atoms with Gasteiger partial charge in [0.25, 0.3) is 0 Å². The van der Waals surface area contributed by atoms with Crippen molar-refractivity contribution in [2.45, 2.75) is 115 Å². The number of nitrogens with zero attached hydrogens (tertiary/aromatic N) is 1. The topological polar surface area (TPSA) is 43.7 Å². The SMILES string of the molecule is CN(CCCCC[C@@H]1Cc2cc(O)ccc2C2CC[C@@]3(C)C(C[C@@H](O)C34CC4)C21)CCCSCCCC(F)(F)C(F)(F)F. The first-order chi connectivity index (χ1) is 20.3. The molecule has 0 bridgehead atoms. The van der Waals surface area contributed by atoms with Crippen molar-refractivity contribution in [2.75, 3.05) is 31.6 Å². The smallest absolute Gasteiger partial charge is 0.453 e. The monoisotopic (exact) mass is 631 g/mol. The third kappa shape index (κ3) is 6.74. The molecule has 4 aliphatic carbocycles. The molecule has 0 aliphatic heterocycles. The first-order valence-corrected chi connectivity index (χ1v) is 17.7. The van der Waals surface area contributed by atoms with Gasteiger partial charge in [-0.05, 0) is 148 Å². The highest BCUT2D eigenvalue weighted by atomic mass is 32.2. The van der Waals surface area contributed by atoms with Gasteiger partial charge in [0.1, 0.15) is 5.75 Å². The molecule has 1 aromatic rings. The van der Waals surface area contributed by atoms with Gasteiger partial charge in [0, 0.05) is 11.8 Å². The lowest BCUT2D eigenvalue weighted by molar-refractivity contribution is -0.284. The standard InChI is InChI=1S/C34H50F5NO2S/c1-31-13-11-27-26-10-9-25(41)21-24(26)20-23(30(27)28(31)22-29(42)32(31)14-15-32)8-4-3-5-16-40(2)17-7-19-43-18-6-12-33(35,36)34(37,38)39/h9-10,21,23,27-30,41-42H,3-8,11-20,22H2,1-2H3/t23-,27?,28?,29-,30?,31+/m1/s1. The van der Waals surface area contributed by atoms with Crippen LogP contribution in [0.5, 0.6) is 5.75 Å². The number of hydrogen-bond donors (Lipinski definition) is 2. The number of alkyl halides is 5. The van der Waals surface area contributed by atoms with Crippen LogP contribution >= 0.6 is 11.8 Å². The molecule has 6 atom stereocenters. The second-order valence-corrected chi connectivity index (χ2v) is 15.7. The van der Waals surface area contributed by atoms with Gasteiger partial charge < -0.3 is 15.1 Å². The van der Waals surface area contributed by atoms with E-state index in [1.54, 1.807) is 0 Å². The lowest BCUT2D eigenvalue weighted by atomic mass is 9.50. The molecule has 3 saturated carbocycles. The Morgan fingerprint density at radius 2 is 1.70 bits per heavy atom. The van der Waals surface area contributed by atoms with Gasteiger partial charge in [0.15, 0.2) is 0 Å². The zero-order valence-corrected chi connectivity index (χ0v) is 26.6. The summed E-state index contributed by atoms with van der Waals surface area (Å²) in [6.07, 6.45) is 5.34. The average molecular weight is 632 g/mol. The van der Waals surface area contributed by atoms with Crippen LogP contribution in [0.25, 0.3) is 0 Å². The summed E-state index contributed by atoms with van der Waals surface area (Å²) in [6.45, 7) is 4.37. The Morgan fingerprint density at radius 1 is 0.977 bits per heavy atom. The van der Waals surface area contributed by atoms with E-state index >= 15 is 0 Å². The number of aliphatic hydroxyl groups excluding tert-OH is 1. The predicted octanol–water partition coefficient (Wildman–Crippen LogP) is 8.82. The van der Waals surface area contributed by atoms with E-state index in [2.05, 4.69) is 24.9 Å². The number of thioether (sulfide) groups is 1. The lowest BCUT2D eigenvalue weighted by Crippen LogP contribution is -2.46. The van der Waals surface area contributed by atoms with E-state index in [1.165, 1.54) is 61.4 Å². The number of halogens is 5. The van der Waals surface area contributed by atoms with Gasteiger partial charge in [-0.15, -0.1) is 0 Å². The fraction of sp³-hybridized carbons (Fsp3) is 0.824. The van der Waals surface area contributed by atoms with Gasteiger partial charge in [-0.2, -0.15) is 33.7 Å². The Labute approximate surface area is 258 Å². The van der Waals surface area contributed by atoms with Crippen LogP contribution in [-0.4, -0.2) is 65.0 Å². The third-order valence-corrected chi connectivity index (χ3v) is 13.1. The Morgan fingerprint density at radius 3 is 2.42 bits per heavy atom. The highest BCUT2D eigenvalue weighted by molar-refractivity contribution is 7.99. The van der Waals surface area contributed by atoms with Gasteiger partial charge >= 0.3 is 12.1 Å². The van der Waals surface area contributed by atoms with E-state index in [0.717, 1.165) is 50.9 Å². The minimum atomic E-state index is -5.45. The summed E-state index contributed by atoms with van der Waals surface area (Å²) in [7, 11) is 2.09. The fourth-order valence-corrected chi connectivity index (χ4v) is 10.4. The minimum absolute atomic E-state index is 0.135. The van der Waals surface area contributed by atoms with Gasteiger partial charge in [-0.3, -0.25) is 0 Å². The van der Waals surface area contributed by atoms with E-state index in [0.29, 0.717) is 35.2 Å². The number of phenols is 1. The molecule has 0 radical (unpaired) electrons. The van der Waals surface area contributed by atoms with Crippen LogP contribution in [0.1, 0.15) is 101 Å². The van der Waals surface area contributed by atoms with Gasteiger partial charge in [0.2, 0.25) is 0 Å². The maximum absolute atomic E-state index is 13.0. The molecule has 2 N–H and O–H groups in total. The lowest BCUT2D eigenvalue weighted by Gasteiger charge is -2.54. The minimum Gasteiger partial charge on any atom is -0.508 e. The number of aliphatic hydroxyl groups is 1. The molecule has 1 spiro atoms. The van der Waals surface area contributed by atoms with Crippen molar-refractivity contribution in [1.82, 2.24) is 4.90 Å². The summed E-state index contributed by atoms with van der Waals surface area (Å²) >= 11 is 1.45. The van der Waals surface area contributed by atoms with Crippen molar-refractivity contribution in [3.63, 3.8) is 0 Å². The van der Waals surface area contributed by atoms with Crippen LogP contribution in [-0.2, 0) is 6.42 Å². The summed E-state index contributed by atoms with van der Waals surface area (Å²) < 4.78 is 62.7. The van der Waals surface area contributed by atoms with Crippen LogP contribution < -0.4 is 0 Å². The van der Waals surface area contributed by atoms with Crippen LogP contribution in [0, 0.1) is 28.6 Å². The molecule has 0 saturated heterocycles. The largest absolute Gasteiger partial charge is 0.508 e. The molecule has 1 aromatic carbocycles. The Balaban J connectivity index is 1.05. The molecule has 5 rings (SSSR count). The highest BCUT2D eigenvalue weighted by Crippen LogP contribution is 2.76. The highest BCUT2D eigenvalue weighted by Gasteiger charge is 2.71. The van der Waals surface area contributed by atoms with Crippen LogP contribution in [0.3, 0.4) is 0 Å². The number of rotatable bonds is 14. The normalized spacial score (nSPS) is 31.2. The summed E-state index contributed by atoms with van der Waals surface area (Å²) in [5.74, 6) is -0.869. The van der Waals surface area contributed by atoms with E-state index < -0.39 is 18.5 Å². The maximum atomic E-state index is 13.0. The van der Waals surface area contributed by atoms with Crippen LogP contribution in [0.2, 0.25) is 0 Å². The quantitative estimate of drug-likeness (QED) is 0.159. The molecule has 0 aromatic heterocycles. The number of aromatic hydroxyl groups is 1. The van der Waals surface area contributed by atoms with Crippen molar-refractivity contribution >= 4 is 11.8 Å². The summed E-state index contributed by atoms with van der Waals surface area (Å²) in [4.78, 5) is 2.29. The molecule has 3 unspecified atom stereocenters. The van der Waals surface area contributed by atoms with E-state index in [9.17, 15) is 32.2 Å². The zero-order chi connectivity index (χ0) is 31.0. The van der Waals surface area contributed by atoms with Crippen LogP contribution in [0.4, 0.5) is 22.0 Å². The van der Waals surface area contributed by atoms with Crippen molar-refractivity contribution < 1.29 is 32.2 Å². The molecule has 43 heavy (non-hydrogen) atoms. The number of fused-ring (bicyclic) bond motifs is 6. The number of phenolic OH excluding ortho intramolecular Hbond substituents is 1. The molecule has 3 fully saturated rings. The van der Waals surface area contributed by atoms with Crippen molar-refractivity contribution in [3.8, 4) is 5.75 Å². The molecule has 9 heteroatoms. The molecule has 244 valence electrons. The van der Waals surface area contributed by atoms with E-state index in [-0.39, 0.29) is 23.4 Å². The predicted molar refractivity (Wildman–Crippen MR) is 163 cm³/mol. The van der Waals surface area contributed by atoms with Crippen molar-refractivity contribution in [3.05, 3.63) is 29.3 Å². The van der Waals surface area contributed by atoms with Crippen molar-refractivity contribution in [1.29, 1.82) is 0 Å². The first kappa shape index (κ1) is 33.3. The zero-order valence-electron chi connectivity index (χ0n) is 25.8. The molecule has 0 heterocycles. The van der Waals surface area contributed by atoms with Crippen LogP contribution in [0.15, 0.2) is 18.2 Å². The maximum Gasteiger partial charge on any atom is 0.453 e. The Bertz CT molecular complexity index is 1100. The number of benzene rings is 1. The van der Waals surface area contributed by atoms with Gasteiger partial charge in [0.05, 0.1) is 6.10 Å². The summed E-state index contributed by atoms with van der Waals surface area (Å²) in [6, 6.07) is 6.01. The Hall–Kier alpha value is -1.06. The second-order valence-electron chi connectivity index (χ2n) is 14.4. The average Bonchev–Trinajstić information content (AvgIpc) is 3.72. The molecular formula is C34H50F5NO2S. The second kappa shape index (κ2) is 13.0. The molecular weight excluding hydrogens is 581 g/mol. The van der Waals surface area contributed by atoms with Gasteiger partial charge in [-0.25, -0.2) is 0 Å². The Kier molecular flexibility index (Phi) is 10.1. The van der Waals surface area contributed by atoms with Crippen molar-refractivity contribution in [2.24, 2.45) is 28.6 Å². The summed E-state index contributed by atoms with van der Waals surface area (Å²) in [5, 5.41) is 21.4. The molecule has 0 amide bonds. The summed E-state index contributed by atoms with van der Waals surface area (Å²) in [5.41, 5.74) is 3.16.